The number of rotatable bonds is 11. The van der Waals surface area contributed by atoms with E-state index in [-0.39, 0.29) is 48.9 Å². The average Bonchev–Trinajstić information content (AvgIpc) is 3.25. The first-order valence-electron chi connectivity index (χ1n) is 12.7. The predicted octanol–water partition coefficient (Wildman–Crippen LogP) is 4.26. The van der Waals surface area contributed by atoms with Gasteiger partial charge in [-0.25, -0.2) is 4.79 Å². The molecule has 2 aromatic rings. The maximum atomic E-state index is 13.8. The zero-order valence-corrected chi connectivity index (χ0v) is 21.6. The number of nitrogens with one attached hydrogen (secondary N) is 1. The molecule has 0 radical (unpaired) electrons. The number of unbranched alkanes of at least 4 members (excludes halogenated alkanes) is 1. The van der Waals surface area contributed by atoms with E-state index in [1.807, 2.05) is 31.2 Å². The molecule has 0 fully saturated rings. The number of benzene rings is 1. The van der Waals surface area contributed by atoms with Crippen LogP contribution in [-0.2, 0) is 22.6 Å². The number of esters is 1. The van der Waals surface area contributed by atoms with Gasteiger partial charge in [0.1, 0.15) is 11.2 Å². The van der Waals surface area contributed by atoms with Gasteiger partial charge in [-0.2, -0.15) is 5.10 Å². The molecule has 0 saturated heterocycles. The van der Waals surface area contributed by atoms with E-state index in [1.165, 1.54) is 10.7 Å². The Balaban J connectivity index is 1.99. The van der Waals surface area contributed by atoms with Crippen molar-refractivity contribution in [2.24, 2.45) is 0 Å². The number of aryl methyl sites for hydroxylation is 1. The third kappa shape index (κ3) is 5.74. The van der Waals surface area contributed by atoms with Crippen LogP contribution in [0, 0.1) is 6.92 Å². The van der Waals surface area contributed by atoms with Gasteiger partial charge >= 0.3 is 5.97 Å². The normalized spacial score (nSPS) is 18.2. The van der Waals surface area contributed by atoms with E-state index >= 15 is 0 Å². The van der Waals surface area contributed by atoms with Crippen molar-refractivity contribution in [2.45, 2.75) is 91.4 Å². The standard InChI is InChI=1S/C27H38N4O4/c1-6-9-15-21(12-7-2)28-26(34)27(5)18-31-23(16-22(29-31)25(33)35-8-3)24(32)30(27)17-20-14-11-10-13-19(20)4/h10-11,13-14,16,21H,6-9,12,15,17-18H2,1-5H3,(H,28,34). The Bertz CT molecular complexity index is 1060. The van der Waals surface area contributed by atoms with Gasteiger partial charge in [-0.15, -0.1) is 0 Å². The molecule has 8 nitrogen and oxygen atoms in total. The van der Waals surface area contributed by atoms with Gasteiger partial charge in [-0.05, 0) is 44.7 Å². The van der Waals surface area contributed by atoms with E-state index in [0.717, 1.165) is 43.2 Å². The fraction of sp³-hybridized carbons (Fsp3) is 0.556. The van der Waals surface area contributed by atoms with Gasteiger partial charge < -0.3 is 15.0 Å². The van der Waals surface area contributed by atoms with Crippen LogP contribution in [0.2, 0.25) is 0 Å². The lowest BCUT2D eigenvalue weighted by Gasteiger charge is -2.44. The second kappa shape index (κ2) is 11.5. The Morgan fingerprint density at radius 1 is 1.17 bits per heavy atom. The smallest absolute Gasteiger partial charge is 0.358 e. The third-order valence-corrected chi connectivity index (χ3v) is 6.74. The number of ether oxygens (including phenoxy) is 1. The summed E-state index contributed by atoms with van der Waals surface area (Å²) in [5, 5.41) is 7.57. The van der Waals surface area contributed by atoms with Crippen LogP contribution in [0.4, 0.5) is 0 Å². The minimum Gasteiger partial charge on any atom is -0.461 e. The third-order valence-electron chi connectivity index (χ3n) is 6.74. The molecule has 0 bridgehead atoms. The van der Waals surface area contributed by atoms with Gasteiger partial charge in [-0.3, -0.25) is 14.3 Å². The van der Waals surface area contributed by atoms with Gasteiger partial charge in [0, 0.05) is 18.7 Å². The Kier molecular flexibility index (Phi) is 8.70. The molecule has 1 N–H and O–H groups in total. The number of hydrogen-bond donors (Lipinski definition) is 1. The molecule has 35 heavy (non-hydrogen) atoms. The largest absolute Gasteiger partial charge is 0.461 e. The van der Waals surface area contributed by atoms with E-state index in [9.17, 15) is 14.4 Å². The van der Waals surface area contributed by atoms with Crippen molar-refractivity contribution in [3.05, 3.63) is 52.8 Å². The summed E-state index contributed by atoms with van der Waals surface area (Å²) in [7, 11) is 0. The quantitative estimate of drug-likeness (QED) is 0.483. The summed E-state index contributed by atoms with van der Waals surface area (Å²) < 4.78 is 6.55. The molecule has 3 rings (SSSR count). The van der Waals surface area contributed by atoms with Gasteiger partial charge in [-0.1, -0.05) is 57.4 Å². The highest BCUT2D eigenvalue weighted by atomic mass is 16.5. The van der Waals surface area contributed by atoms with Crippen molar-refractivity contribution in [1.82, 2.24) is 20.0 Å². The monoisotopic (exact) mass is 482 g/mol. The minimum absolute atomic E-state index is 0.0498. The summed E-state index contributed by atoms with van der Waals surface area (Å²) in [5.41, 5.74) is 1.18. The first-order chi connectivity index (χ1) is 16.7. The summed E-state index contributed by atoms with van der Waals surface area (Å²) >= 11 is 0. The summed E-state index contributed by atoms with van der Waals surface area (Å²) in [5.74, 6) is -1.12. The van der Waals surface area contributed by atoms with E-state index < -0.39 is 11.5 Å². The number of fused-ring (bicyclic) bond motifs is 1. The first kappa shape index (κ1) is 26.4. The highest BCUT2D eigenvalue weighted by Gasteiger charge is 2.48. The van der Waals surface area contributed by atoms with Crippen LogP contribution in [-0.4, -0.2) is 50.7 Å². The SMILES string of the molecule is CCCCC(CCC)NC(=O)C1(C)Cn2nc(C(=O)OCC)cc2C(=O)N1Cc1ccccc1C. The average molecular weight is 483 g/mol. The zero-order valence-electron chi connectivity index (χ0n) is 21.6. The maximum Gasteiger partial charge on any atom is 0.358 e. The van der Waals surface area contributed by atoms with Crippen molar-refractivity contribution < 1.29 is 19.1 Å². The fourth-order valence-electron chi connectivity index (χ4n) is 4.58. The number of aromatic nitrogens is 2. The molecule has 2 atom stereocenters. The van der Waals surface area contributed by atoms with Crippen LogP contribution >= 0.6 is 0 Å². The fourth-order valence-corrected chi connectivity index (χ4v) is 4.58. The first-order valence-corrected chi connectivity index (χ1v) is 12.7. The molecule has 2 amide bonds. The number of hydrogen-bond acceptors (Lipinski definition) is 5. The summed E-state index contributed by atoms with van der Waals surface area (Å²) in [4.78, 5) is 41.5. The molecule has 0 aliphatic carbocycles. The van der Waals surface area contributed by atoms with Crippen molar-refractivity contribution in [3.63, 3.8) is 0 Å². The predicted molar refractivity (Wildman–Crippen MR) is 134 cm³/mol. The molecule has 2 unspecified atom stereocenters. The van der Waals surface area contributed by atoms with Gasteiger partial charge in [0.25, 0.3) is 5.91 Å². The molecule has 0 spiro atoms. The van der Waals surface area contributed by atoms with Crippen LogP contribution in [0.1, 0.15) is 91.9 Å². The van der Waals surface area contributed by atoms with Crippen molar-refractivity contribution in [3.8, 4) is 0 Å². The Morgan fingerprint density at radius 2 is 1.91 bits per heavy atom. The highest BCUT2D eigenvalue weighted by Crippen LogP contribution is 2.30. The molecule has 1 aliphatic heterocycles. The Hall–Kier alpha value is -3.16. The van der Waals surface area contributed by atoms with E-state index in [4.69, 9.17) is 4.74 Å². The molecular formula is C27H38N4O4. The maximum absolute atomic E-state index is 13.8. The van der Waals surface area contributed by atoms with Crippen molar-refractivity contribution >= 4 is 17.8 Å². The molecule has 2 heterocycles. The highest BCUT2D eigenvalue weighted by molar-refractivity contribution is 6.01. The Labute approximate surface area is 208 Å². The summed E-state index contributed by atoms with van der Waals surface area (Å²) in [6.07, 6.45) is 4.83. The van der Waals surface area contributed by atoms with Crippen molar-refractivity contribution in [2.75, 3.05) is 6.61 Å². The molecule has 1 aromatic carbocycles. The van der Waals surface area contributed by atoms with Crippen LogP contribution in [0.5, 0.6) is 0 Å². The molecule has 0 saturated carbocycles. The minimum atomic E-state index is -1.18. The van der Waals surface area contributed by atoms with E-state index in [1.54, 1.807) is 18.7 Å². The van der Waals surface area contributed by atoms with Gasteiger partial charge in [0.05, 0.1) is 13.2 Å². The number of carbonyl (C=O) groups is 3. The van der Waals surface area contributed by atoms with Crippen LogP contribution in [0.25, 0.3) is 0 Å². The second-order valence-electron chi connectivity index (χ2n) is 9.49. The van der Waals surface area contributed by atoms with E-state index in [2.05, 4.69) is 24.3 Å². The Morgan fingerprint density at radius 3 is 2.57 bits per heavy atom. The second-order valence-corrected chi connectivity index (χ2v) is 9.49. The molecule has 190 valence electrons. The number of amides is 2. The molecule has 8 heteroatoms. The van der Waals surface area contributed by atoms with Crippen molar-refractivity contribution in [1.29, 1.82) is 0 Å². The van der Waals surface area contributed by atoms with Crippen LogP contribution < -0.4 is 5.32 Å². The van der Waals surface area contributed by atoms with E-state index in [0.29, 0.717) is 0 Å². The van der Waals surface area contributed by atoms with Gasteiger partial charge in [0.2, 0.25) is 5.91 Å². The van der Waals surface area contributed by atoms with Gasteiger partial charge in [0.15, 0.2) is 5.69 Å². The topological polar surface area (TPSA) is 93.5 Å². The number of nitrogens with zero attached hydrogens (tertiary/aromatic N) is 3. The lowest BCUT2D eigenvalue weighted by Crippen LogP contribution is -2.64. The van der Waals surface area contributed by atoms with Crippen LogP contribution in [0.3, 0.4) is 0 Å². The molecule has 1 aliphatic rings. The summed E-state index contributed by atoms with van der Waals surface area (Å²) in [6.45, 7) is 10.4. The molecule has 1 aromatic heterocycles. The zero-order chi connectivity index (χ0) is 25.6. The summed E-state index contributed by atoms with van der Waals surface area (Å²) in [6, 6.07) is 9.36. The lowest BCUT2D eigenvalue weighted by atomic mass is 9.92. The number of carbonyl (C=O) groups excluding carboxylic acids is 3. The lowest BCUT2D eigenvalue weighted by molar-refractivity contribution is -0.134. The van der Waals surface area contributed by atoms with Crippen LogP contribution in [0.15, 0.2) is 30.3 Å². The molecular weight excluding hydrogens is 444 g/mol.